The van der Waals surface area contributed by atoms with Crippen molar-refractivity contribution in [2.45, 2.75) is 71.6 Å². The molecule has 0 saturated carbocycles. The molecular weight excluding hydrogens is 198 g/mol. The van der Waals surface area contributed by atoms with Gasteiger partial charge in [0.25, 0.3) is 0 Å². The van der Waals surface area contributed by atoms with Gasteiger partial charge < -0.3 is 4.84 Å². The van der Waals surface area contributed by atoms with E-state index in [1.54, 1.807) is 5.57 Å². The summed E-state index contributed by atoms with van der Waals surface area (Å²) in [4.78, 5) is 4.53. The van der Waals surface area contributed by atoms with Gasteiger partial charge in [0.1, 0.15) is 0 Å². The van der Waals surface area contributed by atoms with E-state index in [0.29, 0.717) is 6.61 Å². The zero-order valence-electron chi connectivity index (χ0n) is 11.1. The van der Waals surface area contributed by atoms with Crippen molar-refractivity contribution in [2.75, 3.05) is 6.61 Å². The van der Waals surface area contributed by atoms with E-state index in [1.165, 1.54) is 51.4 Å². The van der Waals surface area contributed by atoms with Gasteiger partial charge in [0.2, 0.25) is 0 Å². The summed E-state index contributed by atoms with van der Waals surface area (Å²) in [5.41, 5.74) is 1.56. The van der Waals surface area contributed by atoms with E-state index in [1.807, 2.05) is 0 Å². The third-order valence-corrected chi connectivity index (χ3v) is 2.88. The van der Waals surface area contributed by atoms with Crippen LogP contribution in [0.5, 0.6) is 0 Å². The van der Waals surface area contributed by atoms with Gasteiger partial charge in [0.15, 0.2) is 0 Å². The fourth-order valence-electron chi connectivity index (χ4n) is 1.79. The molecule has 0 bridgehead atoms. The monoisotopic (exact) mass is 227 g/mol. The van der Waals surface area contributed by atoms with Crippen LogP contribution < -0.4 is 5.90 Å². The number of hydrogen-bond acceptors (Lipinski definition) is 2. The molecule has 0 aliphatic rings. The summed E-state index contributed by atoms with van der Waals surface area (Å²) in [5.74, 6) is 4.96. The van der Waals surface area contributed by atoms with Gasteiger partial charge in [-0.3, -0.25) is 0 Å². The zero-order chi connectivity index (χ0) is 12.1. The third kappa shape index (κ3) is 11.7. The van der Waals surface area contributed by atoms with Crippen molar-refractivity contribution in [1.29, 1.82) is 0 Å². The molecule has 0 aromatic heterocycles. The average Bonchev–Trinajstić information content (AvgIpc) is 2.29. The predicted octanol–water partition coefficient (Wildman–Crippen LogP) is 4.35. The molecule has 0 heterocycles. The lowest BCUT2D eigenvalue weighted by molar-refractivity contribution is 0.133. The lowest BCUT2D eigenvalue weighted by Gasteiger charge is -2.02. The maximum atomic E-state index is 4.96. The molecule has 0 radical (unpaired) electrons. The highest BCUT2D eigenvalue weighted by Crippen LogP contribution is 2.11. The SMILES string of the molecule is CCCCCCC(C)=CCCCCCON. The fourth-order valence-corrected chi connectivity index (χ4v) is 1.79. The average molecular weight is 227 g/mol. The summed E-state index contributed by atoms with van der Waals surface area (Å²) in [5, 5.41) is 0. The van der Waals surface area contributed by atoms with Crippen LogP contribution in [-0.2, 0) is 4.84 Å². The number of allylic oxidation sites excluding steroid dienone is 2. The summed E-state index contributed by atoms with van der Waals surface area (Å²) in [6, 6.07) is 0. The van der Waals surface area contributed by atoms with Crippen LogP contribution in [0.2, 0.25) is 0 Å². The number of rotatable bonds is 11. The van der Waals surface area contributed by atoms with E-state index in [9.17, 15) is 0 Å². The Kier molecular flexibility index (Phi) is 12.5. The first kappa shape index (κ1) is 15.7. The Morgan fingerprint density at radius 2 is 1.81 bits per heavy atom. The van der Waals surface area contributed by atoms with Crippen molar-refractivity contribution in [1.82, 2.24) is 0 Å². The highest BCUT2D eigenvalue weighted by atomic mass is 16.6. The number of hydrogen-bond donors (Lipinski definition) is 1. The topological polar surface area (TPSA) is 35.2 Å². The molecule has 0 fully saturated rings. The smallest absolute Gasteiger partial charge is 0.0679 e. The van der Waals surface area contributed by atoms with Crippen LogP contribution in [0.3, 0.4) is 0 Å². The largest absolute Gasteiger partial charge is 0.305 e. The van der Waals surface area contributed by atoms with Crippen molar-refractivity contribution in [3.05, 3.63) is 11.6 Å². The molecule has 16 heavy (non-hydrogen) atoms. The van der Waals surface area contributed by atoms with Crippen LogP contribution in [0.4, 0.5) is 0 Å². The first-order valence-electron chi connectivity index (χ1n) is 6.78. The number of unbranched alkanes of at least 4 members (excludes halogenated alkanes) is 6. The highest BCUT2D eigenvalue weighted by molar-refractivity contribution is 4.97. The molecule has 0 atom stereocenters. The normalized spacial score (nSPS) is 12.1. The molecule has 0 saturated heterocycles. The van der Waals surface area contributed by atoms with Crippen molar-refractivity contribution < 1.29 is 4.84 Å². The molecule has 2 N–H and O–H groups in total. The molecule has 96 valence electrons. The summed E-state index contributed by atoms with van der Waals surface area (Å²) in [6.07, 6.45) is 13.9. The lowest BCUT2D eigenvalue weighted by Crippen LogP contribution is -2.00. The van der Waals surface area contributed by atoms with E-state index in [0.717, 1.165) is 6.42 Å². The first-order valence-corrected chi connectivity index (χ1v) is 6.78. The van der Waals surface area contributed by atoms with Gasteiger partial charge in [-0.25, -0.2) is 5.90 Å². The first-order chi connectivity index (χ1) is 7.81. The van der Waals surface area contributed by atoms with E-state index < -0.39 is 0 Å². The molecule has 0 aliphatic heterocycles. The summed E-state index contributed by atoms with van der Waals surface area (Å²) in [6.45, 7) is 5.21. The van der Waals surface area contributed by atoms with Crippen LogP contribution in [0.25, 0.3) is 0 Å². The Balaban J connectivity index is 3.26. The molecule has 0 aliphatic carbocycles. The second-order valence-electron chi connectivity index (χ2n) is 4.58. The molecular formula is C14H29NO. The molecule has 0 rings (SSSR count). The Labute approximate surface area is 101 Å². The van der Waals surface area contributed by atoms with E-state index >= 15 is 0 Å². The van der Waals surface area contributed by atoms with Crippen LogP contribution >= 0.6 is 0 Å². The second kappa shape index (κ2) is 12.7. The predicted molar refractivity (Wildman–Crippen MR) is 71.1 cm³/mol. The quantitative estimate of drug-likeness (QED) is 0.323. The van der Waals surface area contributed by atoms with E-state index in [2.05, 4.69) is 24.8 Å². The van der Waals surface area contributed by atoms with Gasteiger partial charge in [-0.15, -0.1) is 0 Å². The maximum Gasteiger partial charge on any atom is 0.0679 e. The van der Waals surface area contributed by atoms with Crippen molar-refractivity contribution >= 4 is 0 Å². The molecule has 0 unspecified atom stereocenters. The minimum Gasteiger partial charge on any atom is -0.305 e. The molecule has 0 amide bonds. The fraction of sp³-hybridized carbons (Fsp3) is 0.857. The third-order valence-electron chi connectivity index (χ3n) is 2.88. The van der Waals surface area contributed by atoms with E-state index in [4.69, 9.17) is 5.90 Å². The van der Waals surface area contributed by atoms with E-state index in [-0.39, 0.29) is 0 Å². The Hall–Kier alpha value is -0.340. The highest BCUT2D eigenvalue weighted by Gasteiger charge is 1.92. The molecule has 2 nitrogen and oxygen atoms in total. The van der Waals surface area contributed by atoms with Crippen molar-refractivity contribution in [2.24, 2.45) is 5.90 Å². The molecule has 2 heteroatoms. The van der Waals surface area contributed by atoms with Gasteiger partial charge in [-0.05, 0) is 39.0 Å². The van der Waals surface area contributed by atoms with Crippen LogP contribution in [0.15, 0.2) is 11.6 Å². The van der Waals surface area contributed by atoms with Gasteiger partial charge in [-0.1, -0.05) is 44.3 Å². The van der Waals surface area contributed by atoms with Gasteiger partial charge >= 0.3 is 0 Å². The standard InChI is InChI=1S/C14H29NO/c1-3-4-5-8-11-14(2)12-9-6-7-10-13-16-15/h12H,3-11,13,15H2,1-2H3. The maximum absolute atomic E-state index is 4.96. The summed E-state index contributed by atoms with van der Waals surface area (Å²) < 4.78 is 0. The van der Waals surface area contributed by atoms with Crippen LogP contribution in [0.1, 0.15) is 71.6 Å². The van der Waals surface area contributed by atoms with Gasteiger partial charge in [0, 0.05) is 0 Å². The zero-order valence-corrected chi connectivity index (χ0v) is 11.1. The van der Waals surface area contributed by atoms with Crippen LogP contribution in [-0.4, -0.2) is 6.61 Å². The van der Waals surface area contributed by atoms with Crippen molar-refractivity contribution in [3.63, 3.8) is 0 Å². The molecule has 0 aromatic carbocycles. The van der Waals surface area contributed by atoms with Crippen LogP contribution in [0, 0.1) is 0 Å². The molecule has 0 aromatic rings. The number of nitrogens with two attached hydrogens (primary N) is 1. The summed E-state index contributed by atoms with van der Waals surface area (Å²) >= 11 is 0. The Bertz CT molecular complexity index is 166. The minimum atomic E-state index is 0.694. The molecule has 0 spiro atoms. The second-order valence-corrected chi connectivity index (χ2v) is 4.58. The van der Waals surface area contributed by atoms with Gasteiger partial charge in [0.05, 0.1) is 6.61 Å². The Morgan fingerprint density at radius 1 is 1.06 bits per heavy atom. The van der Waals surface area contributed by atoms with Crippen molar-refractivity contribution in [3.8, 4) is 0 Å². The Morgan fingerprint density at radius 3 is 2.50 bits per heavy atom. The lowest BCUT2D eigenvalue weighted by atomic mass is 10.1. The van der Waals surface area contributed by atoms with Gasteiger partial charge in [-0.2, -0.15) is 0 Å². The minimum absolute atomic E-state index is 0.694. The summed E-state index contributed by atoms with van der Waals surface area (Å²) in [7, 11) is 0.